The fourth-order valence-electron chi connectivity index (χ4n) is 1.98. The Hall–Kier alpha value is -0.540. The molecule has 1 aliphatic rings. The summed E-state index contributed by atoms with van der Waals surface area (Å²) in [7, 11) is 0. The van der Waals surface area contributed by atoms with Gasteiger partial charge in [0.2, 0.25) is 0 Å². The summed E-state index contributed by atoms with van der Waals surface area (Å²) >= 11 is 6.17. The Kier molecular flexibility index (Phi) is 3.65. The van der Waals surface area contributed by atoms with Crippen molar-refractivity contribution in [1.29, 1.82) is 0 Å². The van der Waals surface area contributed by atoms with Crippen LogP contribution in [0.25, 0.3) is 0 Å². The van der Waals surface area contributed by atoms with Crippen molar-refractivity contribution in [2.24, 2.45) is 0 Å². The number of aryl methyl sites for hydroxylation is 1. The van der Waals surface area contributed by atoms with Gasteiger partial charge in [-0.2, -0.15) is 5.10 Å². The van der Waals surface area contributed by atoms with Gasteiger partial charge >= 0.3 is 0 Å². The first-order chi connectivity index (χ1) is 7.31. The van der Waals surface area contributed by atoms with Gasteiger partial charge in [-0.25, -0.2) is 0 Å². The minimum Gasteiger partial charge on any atom is -0.381 e. The smallest absolute Gasteiger partial charge is 0.127 e. The molecular formula is C11H17ClN2O. The number of hydrogen-bond donors (Lipinski definition) is 0. The lowest BCUT2D eigenvalue weighted by molar-refractivity contribution is 0.0662. The zero-order valence-electron chi connectivity index (χ0n) is 9.08. The Labute approximate surface area is 95.4 Å². The third kappa shape index (κ3) is 2.52. The highest BCUT2D eigenvalue weighted by atomic mass is 35.5. The molecule has 0 unspecified atom stereocenters. The molecule has 4 heteroatoms. The molecule has 1 saturated heterocycles. The molecule has 0 atom stereocenters. The quantitative estimate of drug-likeness (QED) is 0.796. The van der Waals surface area contributed by atoms with Gasteiger partial charge in [0.05, 0.1) is 11.7 Å². The van der Waals surface area contributed by atoms with E-state index in [1.54, 1.807) is 0 Å². The van der Waals surface area contributed by atoms with Crippen molar-refractivity contribution in [3.8, 4) is 0 Å². The average molecular weight is 229 g/mol. The van der Waals surface area contributed by atoms with E-state index in [9.17, 15) is 0 Å². The van der Waals surface area contributed by atoms with E-state index in [0.29, 0.717) is 6.04 Å². The summed E-state index contributed by atoms with van der Waals surface area (Å²) in [6.07, 6.45) is 4.16. The van der Waals surface area contributed by atoms with Crippen LogP contribution in [0.4, 0.5) is 0 Å². The maximum atomic E-state index is 6.17. The summed E-state index contributed by atoms with van der Waals surface area (Å²) in [6, 6.07) is 2.41. The van der Waals surface area contributed by atoms with Gasteiger partial charge in [-0.3, -0.25) is 4.68 Å². The van der Waals surface area contributed by atoms with Crippen LogP contribution >= 0.6 is 11.6 Å². The normalized spacial score (nSPS) is 18.3. The zero-order valence-corrected chi connectivity index (χ0v) is 9.83. The van der Waals surface area contributed by atoms with Gasteiger partial charge in [-0.05, 0) is 25.3 Å². The first-order valence-corrected chi connectivity index (χ1v) is 6.00. The molecule has 0 N–H and O–H groups in total. The topological polar surface area (TPSA) is 27.1 Å². The minimum absolute atomic E-state index is 0.428. The molecule has 0 amide bonds. The van der Waals surface area contributed by atoms with Gasteiger partial charge < -0.3 is 4.74 Å². The lowest BCUT2D eigenvalue weighted by Crippen LogP contribution is -2.20. The molecule has 0 spiro atoms. The number of nitrogens with zero attached hydrogens (tertiary/aromatic N) is 2. The lowest BCUT2D eigenvalue weighted by atomic mass is 10.1. The van der Waals surface area contributed by atoms with Crippen LogP contribution in [-0.4, -0.2) is 23.0 Å². The molecule has 1 fully saturated rings. The van der Waals surface area contributed by atoms with Crippen LogP contribution in [0.3, 0.4) is 0 Å². The fourth-order valence-corrected chi connectivity index (χ4v) is 2.28. The third-order valence-corrected chi connectivity index (χ3v) is 3.07. The molecule has 15 heavy (non-hydrogen) atoms. The molecule has 0 radical (unpaired) electrons. The Morgan fingerprint density at radius 2 is 2.27 bits per heavy atom. The summed E-state index contributed by atoms with van der Waals surface area (Å²) in [4.78, 5) is 0. The van der Waals surface area contributed by atoms with Gasteiger partial charge in [0, 0.05) is 13.2 Å². The first-order valence-electron chi connectivity index (χ1n) is 5.63. The molecule has 0 aromatic carbocycles. The second kappa shape index (κ2) is 4.99. The van der Waals surface area contributed by atoms with Crippen LogP contribution in [0.5, 0.6) is 0 Å². The molecule has 0 bridgehead atoms. The van der Waals surface area contributed by atoms with E-state index in [-0.39, 0.29) is 0 Å². The van der Waals surface area contributed by atoms with Crippen molar-refractivity contribution in [3.63, 3.8) is 0 Å². The van der Waals surface area contributed by atoms with E-state index in [0.717, 1.165) is 49.7 Å². The molecule has 2 heterocycles. The Balaban J connectivity index is 2.11. The maximum Gasteiger partial charge on any atom is 0.127 e. The van der Waals surface area contributed by atoms with E-state index in [2.05, 4.69) is 12.0 Å². The van der Waals surface area contributed by atoms with Crippen LogP contribution in [0, 0.1) is 0 Å². The number of rotatable bonds is 3. The van der Waals surface area contributed by atoms with Crippen LogP contribution < -0.4 is 0 Å². The van der Waals surface area contributed by atoms with Crippen LogP contribution in [0.15, 0.2) is 6.07 Å². The minimum atomic E-state index is 0.428. The summed E-state index contributed by atoms with van der Waals surface area (Å²) < 4.78 is 7.30. The Morgan fingerprint density at radius 3 is 2.93 bits per heavy atom. The summed E-state index contributed by atoms with van der Waals surface area (Å²) in [5.74, 6) is 0. The average Bonchev–Trinajstić information content (AvgIpc) is 2.61. The molecule has 0 saturated carbocycles. The molecule has 2 rings (SSSR count). The SMILES string of the molecule is CCCc1cc(Cl)n(C2CCOCC2)n1. The van der Waals surface area contributed by atoms with Crippen molar-refractivity contribution < 1.29 is 4.74 Å². The van der Waals surface area contributed by atoms with E-state index in [4.69, 9.17) is 16.3 Å². The maximum absolute atomic E-state index is 6.17. The Bertz CT molecular complexity index is 318. The van der Waals surface area contributed by atoms with E-state index in [1.807, 2.05) is 10.7 Å². The molecule has 1 aromatic rings. The number of aromatic nitrogens is 2. The van der Waals surface area contributed by atoms with Crippen LogP contribution in [0.2, 0.25) is 5.15 Å². The summed E-state index contributed by atoms with van der Waals surface area (Å²) in [6.45, 7) is 3.80. The van der Waals surface area contributed by atoms with Gasteiger partial charge in [-0.1, -0.05) is 24.9 Å². The molecular weight excluding hydrogens is 212 g/mol. The van der Waals surface area contributed by atoms with Crippen molar-refractivity contribution in [3.05, 3.63) is 16.9 Å². The highest BCUT2D eigenvalue weighted by molar-refractivity contribution is 6.29. The standard InChI is InChI=1S/C11H17ClN2O/c1-2-3-9-8-11(12)14(13-9)10-4-6-15-7-5-10/h8,10H,2-7H2,1H3. The van der Waals surface area contributed by atoms with E-state index in [1.165, 1.54) is 0 Å². The van der Waals surface area contributed by atoms with Gasteiger partial charge in [0.25, 0.3) is 0 Å². The molecule has 1 aromatic heterocycles. The molecule has 84 valence electrons. The van der Waals surface area contributed by atoms with Crippen molar-refractivity contribution >= 4 is 11.6 Å². The van der Waals surface area contributed by atoms with Gasteiger partial charge in [0.15, 0.2) is 0 Å². The largest absolute Gasteiger partial charge is 0.381 e. The molecule has 1 aliphatic heterocycles. The predicted octanol–water partition coefficient (Wildman–Crippen LogP) is 2.84. The number of hydrogen-bond acceptors (Lipinski definition) is 2. The Morgan fingerprint density at radius 1 is 1.53 bits per heavy atom. The van der Waals surface area contributed by atoms with Gasteiger partial charge in [0.1, 0.15) is 5.15 Å². The highest BCUT2D eigenvalue weighted by Gasteiger charge is 2.19. The van der Waals surface area contributed by atoms with Crippen LogP contribution in [-0.2, 0) is 11.2 Å². The molecule has 3 nitrogen and oxygen atoms in total. The van der Waals surface area contributed by atoms with E-state index < -0.39 is 0 Å². The number of halogens is 1. The zero-order chi connectivity index (χ0) is 10.7. The molecule has 0 aliphatic carbocycles. The summed E-state index contributed by atoms with van der Waals surface area (Å²) in [5.41, 5.74) is 1.11. The predicted molar refractivity (Wildman–Crippen MR) is 60.3 cm³/mol. The van der Waals surface area contributed by atoms with E-state index >= 15 is 0 Å². The van der Waals surface area contributed by atoms with Crippen molar-refractivity contribution in [2.45, 2.75) is 38.6 Å². The second-order valence-corrected chi connectivity index (χ2v) is 4.38. The van der Waals surface area contributed by atoms with Crippen molar-refractivity contribution in [1.82, 2.24) is 9.78 Å². The van der Waals surface area contributed by atoms with Crippen molar-refractivity contribution in [2.75, 3.05) is 13.2 Å². The van der Waals surface area contributed by atoms with Gasteiger partial charge in [-0.15, -0.1) is 0 Å². The third-order valence-electron chi connectivity index (χ3n) is 2.78. The van der Waals surface area contributed by atoms with Crippen LogP contribution in [0.1, 0.15) is 37.9 Å². The summed E-state index contributed by atoms with van der Waals surface area (Å²) in [5, 5.41) is 5.32. The first kappa shape index (κ1) is 11.0. The highest BCUT2D eigenvalue weighted by Crippen LogP contribution is 2.25. The second-order valence-electron chi connectivity index (χ2n) is 4.00. The lowest BCUT2D eigenvalue weighted by Gasteiger charge is -2.22. The monoisotopic (exact) mass is 228 g/mol. The fraction of sp³-hybridized carbons (Fsp3) is 0.727. The number of ether oxygens (including phenoxy) is 1.